The zero-order valence-corrected chi connectivity index (χ0v) is 33.3. The van der Waals surface area contributed by atoms with Crippen molar-refractivity contribution in [1.82, 2.24) is 0 Å². The quantitative estimate of drug-likeness (QED) is 0.106. The minimum atomic E-state index is 0.0175. The molecule has 1 aliphatic rings. The molecular weight excluding hydrogens is 743 g/mol. The smallest absolute Gasteiger partial charge is 0.161 e. The summed E-state index contributed by atoms with van der Waals surface area (Å²) in [5.41, 5.74) is 15.1. The van der Waals surface area contributed by atoms with Gasteiger partial charge in [0.1, 0.15) is 6.17 Å². The van der Waals surface area contributed by atoms with Gasteiger partial charge in [-0.05, 0) is 90.7 Å². The van der Waals surface area contributed by atoms with E-state index in [4.69, 9.17) is 15.4 Å². The van der Waals surface area contributed by atoms with E-state index in [1.165, 1.54) is 38.6 Å². The molecule has 0 saturated heterocycles. The Morgan fingerprint density at radius 2 is 0.934 bits per heavy atom. The van der Waals surface area contributed by atoms with Crippen molar-refractivity contribution in [3.05, 3.63) is 241 Å². The Balaban J connectivity index is 0.941. The summed E-state index contributed by atoms with van der Waals surface area (Å²) in [5.74, 6) is 0.620. The summed E-state index contributed by atoms with van der Waals surface area (Å²) >= 11 is 0. The van der Waals surface area contributed by atoms with Crippen LogP contribution in [0.25, 0.3) is 55.3 Å². The molecule has 1 aliphatic heterocycles. The summed E-state index contributed by atoms with van der Waals surface area (Å²) in [5, 5.41) is 18.6. The highest BCUT2D eigenvalue weighted by Gasteiger charge is 2.21. The second kappa shape index (κ2) is 16.6. The standard InChI is InChI=1S/C56H41N5/c57-54(42-31-27-40(28-32-42)39-15-5-2-6-16-39)61-55(58-37-38-13-3-1-4-14-38)43-33-29-41(30-34-43)48-21-11-24-51-49(22-12-23-50(48)51)46-19-9-17-44(35-46)45-18-10-20-47(36-45)56-59-52-25-7-8-26-53(52)60-56/h1-37,56-57,59-60H/b57-54?,58-37+,61-55-. The molecule has 10 rings (SSSR count). The normalized spacial score (nSPS) is 12.6. The van der Waals surface area contributed by atoms with Gasteiger partial charge in [0, 0.05) is 17.3 Å². The third-order valence-corrected chi connectivity index (χ3v) is 11.2. The van der Waals surface area contributed by atoms with Crippen LogP contribution in [0.2, 0.25) is 0 Å². The molecule has 290 valence electrons. The van der Waals surface area contributed by atoms with Crippen molar-refractivity contribution in [3.8, 4) is 44.5 Å². The SMILES string of the molecule is N=C(/N=C(\N=C\c1ccccc1)c1ccc(-c2cccc3c(-c4cccc(-c5cccc(C6Nc7ccccc7N6)c5)c4)cccc23)cc1)c1ccc(-c2ccccc2)cc1. The maximum atomic E-state index is 8.99. The average molecular weight is 784 g/mol. The van der Waals surface area contributed by atoms with Gasteiger partial charge in [-0.25, -0.2) is 9.98 Å². The van der Waals surface area contributed by atoms with E-state index < -0.39 is 0 Å². The number of fused-ring (bicyclic) bond motifs is 2. The highest BCUT2D eigenvalue weighted by molar-refractivity contribution is 6.13. The molecule has 0 bridgehead atoms. The lowest BCUT2D eigenvalue weighted by molar-refractivity contribution is 0.942. The molecule has 61 heavy (non-hydrogen) atoms. The number of aliphatic imine (C=N–C) groups is 2. The number of hydrogen-bond donors (Lipinski definition) is 3. The van der Waals surface area contributed by atoms with E-state index in [9.17, 15) is 0 Å². The molecule has 0 aliphatic carbocycles. The number of rotatable bonds is 8. The van der Waals surface area contributed by atoms with Crippen molar-refractivity contribution in [2.24, 2.45) is 9.98 Å². The highest BCUT2D eigenvalue weighted by Crippen LogP contribution is 2.38. The third-order valence-electron chi connectivity index (χ3n) is 11.2. The fourth-order valence-electron chi connectivity index (χ4n) is 8.09. The van der Waals surface area contributed by atoms with E-state index in [1.807, 2.05) is 72.8 Å². The summed E-state index contributed by atoms with van der Waals surface area (Å²) in [6.07, 6.45) is 1.82. The van der Waals surface area contributed by atoms with Gasteiger partial charge in [0.25, 0.3) is 0 Å². The van der Waals surface area contributed by atoms with Crippen molar-refractivity contribution >= 4 is 40.0 Å². The molecule has 5 heteroatoms. The van der Waals surface area contributed by atoms with Crippen LogP contribution >= 0.6 is 0 Å². The molecule has 9 aromatic carbocycles. The lowest BCUT2D eigenvalue weighted by Gasteiger charge is -2.15. The molecule has 0 radical (unpaired) electrons. The van der Waals surface area contributed by atoms with Crippen LogP contribution in [-0.2, 0) is 0 Å². The molecule has 0 spiro atoms. The van der Waals surface area contributed by atoms with Crippen molar-refractivity contribution in [3.63, 3.8) is 0 Å². The minimum absolute atomic E-state index is 0.0175. The van der Waals surface area contributed by atoms with Crippen LogP contribution in [0.5, 0.6) is 0 Å². The van der Waals surface area contributed by atoms with Gasteiger partial charge in [-0.1, -0.05) is 194 Å². The van der Waals surface area contributed by atoms with Gasteiger partial charge in [0.15, 0.2) is 11.7 Å². The fraction of sp³-hybridized carbons (Fsp3) is 0.0179. The van der Waals surface area contributed by atoms with Gasteiger partial charge in [0.05, 0.1) is 11.4 Å². The minimum Gasteiger partial charge on any atom is -0.360 e. The van der Waals surface area contributed by atoms with Crippen LogP contribution in [0.4, 0.5) is 11.4 Å². The lowest BCUT2D eigenvalue weighted by atomic mass is 9.91. The van der Waals surface area contributed by atoms with Crippen molar-refractivity contribution in [2.75, 3.05) is 10.6 Å². The van der Waals surface area contributed by atoms with Crippen LogP contribution < -0.4 is 10.6 Å². The van der Waals surface area contributed by atoms with Crippen LogP contribution in [0.1, 0.15) is 28.4 Å². The maximum Gasteiger partial charge on any atom is 0.161 e. The number of amidine groups is 2. The van der Waals surface area contributed by atoms with E-state index >= 15 is 0 Å². The summed E-state index contributed by atoms with van der Waals surface area (Å²) in [6.45, 7) is 0. The molecular formula is C56H41N5. The second-order valence-electron chi connectivity index (χ2n) is 15.2. The highest BCUT2D eigenvalue weighted by atomic mass is 15.2. The number of benzene rings is 9. The van der Waals surface area contributed by atoms with Gasteiger partial charge >= 0.3 is 0 Å². The number of anilines is 2. The zero-order chi connectivity index (χ0) is 41.0. The van der Waals surface area contributed by atoms with E-state index in [2.05, 4.69) is 156 Å². The van der Waals surface area contributed by atoms with Gasteiger partial charge in [-0.3, -0.25) is 5.41 Å². The topological polar surface area (TPSA) is 72.6 Å². The fourth-order valence-corrected chi connectivity index (χ4v) is 8.09. The van der Waals surface area contributed by atoms with Gasteiger partial charge in [0.2, 0.25) is 0 Å². The monoisotopic (exact) mass is 783 g/mol. The predicted molar refractivity (Wildman–Crippen MR) is 256 cm³/mol. The predicted octanol–water partition coefficient (Wildman–Crippen LogP) is 13.9. The first-order chi connectivity index (χ1) is 30.1. The van der Waals surface area contributed by atoms with E-state index in [1.54, 1.807) is 6.21 Å². The van der Waals surface area contributed by atoms with Crippen LogP contribution in [0, 0.1) is 5.41 Å². The number of para-hydroxylation sites is 2. The Hall–Kier alpha value is -8.15. The number of nitrogens with one attached hydrogen (secondary N) is 3. The molecule has 1 heterocycles. The summed E-state index contributed by atoms with van der Waals surface area (Å²) in [7, 11) is 0. The lowest BCUT2D eigenvalue weighted by Crippen LogP contribution is -2.11. The van der Waals surface area contributed by atoms with E-state index in [0.717, 1.165) is 50.3 Å². The molecule has 0 amide bonds. The average Bonchev–Trinajstić information content (AvgIpc) is 3.78. The first kappa shape index (κ1) is 37.1. The van der Waals surface area contributed by atoms with Gasteiger partial charge < -0.3 is 10.6 Å². The third kappa shape index (κ3) is 7.88. The number of nitrogens with zero attached hydrogens (tertiary/aromatic N) is 2. The van der Waals surface area contributed by atoms with E-state index in [0.29, 0.717) is 5.84 Å². The molecule has 9 aromatic rings. The van der Waals surface area contributed by atoms with Crippen LogP contribution in [-0.4, -0.2) is 17.9 Å². The van der Waals surface area contributed by atoms with Crippen LogP contribution in [0.3, 0.4) is 0 Å². The summed E-state index contributed by atoms with van der Waals surface area (Å²) < 4.78 is 0. The Kier molecular flexibility index (Phi) is 10.1. The molecule has 0 fully saturated rings. The summed E-state index contributed by atoms with van der Waals surface area (Å²) in [6, 6.07) is 75.6. The van der Waals surface area contributed by atoms with Crippen LogP contribution in [0.15, 0.2) is 228 Å². The molecule has 0 aromatic heterocycles. The summed E-state index contributed by atoms with van der Waals surface area (Å²) in [4.78, 5) is 9.62. The number of hydrogen-bond acceptors (Lipinski definition) is 3. The molecule has 0 unspecified atom stereocenters. The molecule has 0 saturated carbocycles. The first-order valence-corrected chi connectivity index (χ1v) is 20.5. The maximum absolute atomic E-state index is 8.99. The zero-order valence-electron chi connectivity index (χ0n) is 33.3. The second-order valence-corrected chi connectivity index (χ2v) is 15.2. The largest absolute Gasteiger partial charge is 0.360 e. The Bertz CT molecular complexity index is 3050. The van der Waals surface area contributed by atoms with E-state index in [-0.39, 0.29) is 12.0 Å². The van der Waals surface area contributed by atoms with Crippen molar-refractivity contribution in [1.29, 1.82) is 5.41 Å². The Labute approximate surface area is 356 Å². The van der Waals surface area contributed by atoms with Gasteiger partial charge in [-0.2, -0.15) is 0 Å². The molecule has 5 nitrogen and oxygen atoms in total. The molecule has 3 N–H and O–H groups in total. The van der Waals surface area contributed by atoms with Crippen molar-refractivity contribution in [2.45, 2.75) is 6.17 Å². The first-order valence-electron chi connectivity index (χ1n) is 20.5. The van der Waals surface area contributed by atoms with Crippen molar-refractivity contribution < 1.29 is 0 Å². The van der Waals surface area contributed by atoms with Gasteiger partial charge in [-0.15, -0.1) is 0 Å². The Morgan fingerprint density at radius 1 is 0.426 bits per heavy atom. The Morgan fingerprint density at radius 3 is 1.62 bits per heavy atom. The molecule has 0 atom stereocenters.